The van der Waals surface area contributed by atoms with Crippen LogP contribution in [-0.2, 0) is 26.4 Å². The molecule has 1 aromatic rings. The summed E-state index contributed by atoms with van der Waals surface area (Å²) in [6, 6.07) is 1.65. The molecule has 0 aromatic heterocycles. The van der Waals surface area contributed by atoms with Gasteiger partial charge in [-0.15, -0.1) is 0 Å². The van der Waals surface area contributed by atoms with Gasteiger partial charge in [-0.2, -0.15) is 26.3 Å². The molecule has 20 heavy (non-hydrogen) atoms. The number of nitrogens with one attached hydrogen (secondary N) is 1. The number of hydrogen-bond acceptors (Lipinski definition) is 4. The van der Waals surface area contributed by atoms with Gasteiger partial charge < -0.3 is 0 Å². The Labute approximate surface area is 112 Å². The fourth-order valence-corrected chi connectivity index (χ4v) is 3.60. The highest BCUT2D eigenvalue weighted by atomic mass is 32.2. The Balaban J connectivity index is 2.74. The summed E-state index contributed by atoms with van der Waals surface area (Å²) in [7, 11) is -8.49. The average molecular weight is 331 g/mol. The molecule has 0 radical (unpaired) electrons. The van der Waals surface area contributed by atoms with Crippen molar-refractivity contribution in [2.24, 2.45) is 5.14 Å². The number of benzene rings is 1. The van der Waals surface area contributed by atoms with Crippen LogP contribution >= 0.6 is 0 Å². The minimum atomic E-state index is -4.74. The van der Waals surface area contributed by atoms with Crippen molar-refractivity contribution < 1.29 is 30.0 Å². The summed E-state index contributed by atoms with van der Waals surface area (Å²) in [4.78, 5) is -0.592. The third kappa shape index (κ3) is 2.59. The number of alkyl halides is 3. The molecular weight excluding hydrogens is 323 g/mol. The van der Waals surface area contributed by atoms with Gasteiger partial charge in [0.25, 0.3) is 10.2 Å². The van der Waals surface area contributed by atoms with Gasteiger partial charge in [0.15, 0.2) is 0 Å². The molecular formula is C8H8F3N3O4S2. The molecule has 0 unspecified atom stereocenters. The standard InChI is InChI=1S/C8H8F3N3O4S2/c9-8(10,11)5-1-2-7-6(3-5)14(20(12,17)18)4-13-19(7,15)16/h1-3,13H,4H2,(H2,12,17,18). The molecule has 0 atom stereocenters. The quantitative estimate of drug-likeness (QED) is 0.752. The smallest absolute Gasteiger partial charge is 0.242 e. The van der Waals surface area contributed by atoms with E-state index in [4.69, 9.17) is 5.14 Å². The molecule has 1 aliphatic heterocycles. The van der Waals surface area contributed by atoms with Gasteiger partial charge in [0.05, 0.1) is 17.9 Å². The van der Waals surface area contributed by atoms with Crippen LogP contribution in [0.3, 0.4) is 0 Å². The van der Waals surface area contributed by atoms with E-state index in [0.29, 0.717) is 22.5 Å². The molecule has 0 bridgehead atoms. The van der Waals surface area contributed by atoms with Gasteiger partial charge in [0.2, 0.25) is 10.0 Å². The second-order valence-corrected chi connectivity index (χ2v) is 7.09. The van der Waals surface area contributed by atoms with E-state index in [-0.39, 0.29) is 0 Å². The highest BCUT2D eigenvalue weighted by molar-refractivity contribution is 7.92. The summed E-state index contributed by atoms with van der Waals surface area (Å²) in [5, 5.41) is 4.85. The normalized spacial score (nSPS) is 18.7. The second kappa shape index (κ2) is 4.31. The molecule has 3 N–H and O–H groups in total. The predicted octanol–water partition coefficient (Wildman–Crippen LogP) is -0.0353. The van der Waals surface area contributed by atoms with Crippen LogP contribution in [0.5, 0.6) is 0 Å². The highest BCUT2D eigenvalue weighted by Gasteiger charge is 2.37. The van der Waals surface area contributed by atoms with E-state index in [1.54, 1.807) is 0 Å². The van der Waals surface area contributed by atoms with E-state index in [9.17, 15) is 30.0 Å². The fraction of sp³-hybridized carbons (Fsp3) is 0.250. The lowest BCUT2D eigenvalue weighted by molar-refractivity contribution is -0.137. The van der Waals surface area contributed by atoms with Crippen LogP contribution in [0.25, 0.3) is 0 Å². The Hall–Kier alpha value is -1.37. The summed E-state index contributed by atoms with van der Waals surface area (Å²) < 4.78 is 86.0. The highest BCUT2D eigenvalue weighted by Crippen LogP contribution is 2.36. The Morgan fingerprint density at radius 1 is 1.30 bits per heavy atom. The summed E-state index contributed by atoms with van der Waals surface area (Å²) in [5.74, 6) is 0. The Kier molecular flexibility index (Phi) is 3.24. The fourth-order valence-electron chi connectivity index (χ4n) is 1.65. The molecule has 1 aliphatic rings. The monoisotopic (exact) mass is 331 g/mol. The SMILES string of the molecule is NS(=O)(=O)N1CNS(=O)(=O)c2ccc(C(F)(F)F)cc21. The van der Waals surface area contributed by atoms with Crippen molar-refractivity contribution in [2.45, 2.75) is 11.1 Å². The van der Waals surface area contributed by atoms with E-state index in [1.165, 1.54) is 0 Å². The van der Waals surface area contributed by atoms with Gasteiger partial charge in [-0.05, 0) is 18.2 Å². The minimum absolute atomic E-state index is 0.346. The zero-order chi connectivity index (χ0) is 15.3. The van der Waals surface area contributed by atoms with Crippen molar-refractivity contribution in [3.8, 4) is 0 Å². The topological polar surface area (TPSA) is 110 Å². The Bertz CT molecular complexity index is 758. The molecule has 7 nitrogen and oxygen atoms in total. The third-order valence-electron chi connectivity index (χ3n) is 2.55. The molecule has 2 rings (SSSR count). The first kappa shape index (κ1) is 15.0. The van der Waals surface area contributed by atoms with Crippen molar-refractivity contribution in [1.82, 2.24) is 4.72 Å². The van der Waals surface area contributed by atoms with Gasteiger partial charge in [-0.3, -0.25) is 0 Å². The van der Waals surface area contributed by atoms with Crippen molar-refractivity contribution in [2.75, 3.05) is 11.0 Å². The molecule has 0 fully saturated rings. The number of anilines is 1. The van der Waals surface area contributed by atoms with Crippen LogP contribution in [0.1, 0.15) is 5.56 Å². The molecule has 0 aliphatic carbocycles. The van der Waals surface area contributed by atoms with Crippen LogP contribution in [0.4, 0.5) is 18.9 Å². The first-order valence-electron chi connectivity index (χ1n) is 4.94. The van der Waals surface area contributed by atoms with Crippen molar-refractivity contribution >= 4 is 25.9 Å². The van der Waals surface area contributed by atoms with E-state index >= 15 is 0 Å². The van der Waals surface area contributed by atoms with Crippen LogP contribution in [0.2, 0.25) is 0 Å². The van der Waals surface area contributed by atoms with Crippen LogP contribution < -0.4 is 14.2 Å². The van der Waals surface area contributed by atoms with Gasteiger partial charge >= 0.3 is 6.18 Å². The Morgan fingerprint density at radius 2 is 1.90 bits per heavy atom. The maximum atomic E-state index is 12.6. The molecule has 0 amide bonds. The summed E-state index contributed by atoms with van der Waals surface area (Å²) in [6.45, 7) is -0.768. The molecule has 0 spiro atoms. The first-order valence-corrected chi connectivity index (χ1v) is 7.93. The number of sulfonamides is 1. The zero-order valence-corrected chi connectivity index (χ0v) is 11.2. The average Bonchev–Trinajstić information content (AvgIpc) is 2.25. The molecule has 1 heterocycles. The number of rotatable bonds is 1. The van der Waals surface area contributed by atoms with E-state index in [2.05, 4.69) is 0 Å². The number of halogens is 3. The predicted molar refractivity (Wildman–Crippen MR) is 62.2 cm³/mol. The molecule has 0 saturated carbocycles. The van der Waals surface area contributed by atoms with Gasteiger partial charge in [0, 0.05) is 0 Å². The summed E-state index contributed by atoms with van der Waals surface area (Å²) >= 11 is 0. The van der Waals surface area contributed by atoms with Crippen LogP contribution in [-0.4, -0.2) is 23.5 Å². The molecule has 0 saturated heterocycles. The van der Waals surface area contributed by atoms with Crippen LogP contribution in [0, 0.1) is 0 Å². The third-order valence-corrected chi connectivity index (χ3v) is 4.92. The van der Waals surface area contributed by atoms with E-state index < -0.39 is 49.2 Å². The largest absolute Gasteiger partial charge is 0.416 e. The molecule has 112 valence electrons. The first-order chi connectivity index (χ1) is 8.93. The van der Waals surface area contributed by atoms with Crippen molar-refractivity contribution in [3.05, 3.63) is 23.8 Å². The zero-order valence-electron chi connectivity index (χ0n) is 9.55. The second-order valence-electron chi connectivity index (χ2n) is 3.88. The lowest BCUT2D eigenvalue weighted by Crippen LogP contribution is -2.48. The van der Waals surface area contributed by atoms with Gasteiger partial charge in [-0.25, -0.2) is 17.9 Å². The van der Waals surface area contributed by atoms with E-state index in [0.717, 1.165) is 0 Å². The maximum absolute atomic E-state index is 12.6. The lowest BCUT2D eigenvalue weighted by Gasteiger charge is -2.29. The number of nitrogens with two attached hydrogens (primary N) is 1. The Morgan fingerprint density at radius 3 is 2.40 bits per heavy atom. The lowest BCUT2D eigenvalue weighted by atomic mass is 10.2. The summed E-state index contributed by atoms with van der Waals surface area (Å²) in [5.41, 5.74) is -1.82. The summed E-state index contributed by atoms with van der Waals surface area (Å²) in [6.07, 6.45) is -4.74. The number of nitrogens with zero attached hydrogens (tertiary/aromatic N) is 1. The number of hydrogen-bond donors (Lipinski definition) is 2. The minimum Gasteiger partial charge on any atom is -0.242 e. The number of fused-ring (bicyclic) bond motifs is 1. The van der Waals surface area contributed by atoms with Crippen LogP contribution in [0.15, 0.2) is 23.1 Å². The van der Waals surface area contributed by atoms with Crippen molar-refractivity contribution in [3.63, 3.8) is 0 Å². The van der Waals surface area contributed by atoms with Gasteiger partial charge in [0.1, 0.15) is 4.90 Å². The molecule has 1 aromatic carbocycles. The van der Waals surface area contributed by atoms with Crippen molar-refractivity contribution in [1.29, 1.82) is 0 Å². The molecule has 12 heteroatoms. The maximum Gasteiger partial charge on any atom is 0.416 e. The van der Waals surface area contributed by atoms with Gasteiger partial charge in [-0.1, -0.05) is 0 Å². The van der Waals surface area contributed by atoms with E-state index in [1.807, 2.05) is 4.72 Å².